The molecule has 3 heterocycles. The molecule has 10 N–H and O–H groups in total. The fourth-order valence-electron chi connectivity index (χ4n) is 5.70. The first-order valence-electron chi connectivity index (χ1n) is 17.0. The second-order valence-electron chi connectivity index (χ2n) is 13.0. The number of aromatic hydroxyl groups is 2. The Morgan fingerprint density at radius 2 is 1.33 bits per heavy atom. The van der Waals surface area contributed by atoms with Crippen molar-refractivity contribution in [3.05, 3.63) is 80.8 Å². The maximum atomic E-state index is 13.1. The summed E-state index contributed by atoms with van der Waals surface area (Å²) in [4.78, 5) is 62.3. The lowest BCUT2D eigenvalue weighted by Crippen LogP contribution is -2.49. The third-order valence-electron chi connectivity index (χ3n) is 8.72. The molecule has 8 bridgehead atoms. The normalized spacial score (nSPS) is 21.4. The highest BCUT2D eigenvalue weighted by Gasteiger charge is 2.27. The van der Waals surface area contributed by atoms with Crippen LogP contribution >= 0.6 is 22.7 Å². The van der Waals surface area contributed by atoms with Crippen LogP contribution in [0.3, 0.4) is 0 Å². The van der Waals surface area contributed by atoms with Crippen molar-refractivity contribution in [1.82, 2.24) is 20.6 Å². The van der Waals surface area contributed by atoms with Gasteiger partial charge in [0.25, 0.3) is 0 Å². The largest absolute Gasteiger partial charge is 0.508 e. The van der Waals surface area contributed by atoms with Gasteiger partial charge in [0.2, 0.25) is 17.7 Å². The predicted octanol–water partition coefficient (Wildman–Crippen LogP) is 2.60. The van der Waals surface area contributed by atoms with E-state index in [1.54, 1.807) is 49.6 Å². The van der Waals surface area contributed by atoms with Gasteiger partial charge < -0.3 is 42.9 Å². The molecule has 0 saturated carbocycles. The van der Waals surface area contributed by atoms with Crippen molar-refractivity contribution in [2.75, 3.05) is 23.7 Å². The molecule has 14 nitrogen and oxygen atoms in total. The number of phenols is 2. The molecule has 3 amide bonds. The first-order chi connectivity index (χ1) is 24.8. The van der Waals surface area contributed by atoms with Gasteiger partial charge in [-0.25, -0.2) is 9.97 Å². The fraction of sp³-hybridized carbons (Fsp3) is 0.389. The summed E-state index contributed by atoms with van der Waals surface area (Å²) in [5.41, 5.74) is 14.6. The van der Waals surface area contributed by atoms with Gasteiger partial charge in [0.1, 0.15) is 17.5 Å². The van der Waals surface area contributed by atoms with E-state index in [9.17, 15) is 29.4 Å². The molecule has 5 rings (SSSR count). The Hall–Kier alpha value is -5.06. The summed E-state index contributed by atoms with van der Waals surface area (Å²) in [6, 6.07) is 7.09. The number of primary amides is 1. The number of carbonyl (C=O) groups is 4. The number of hydrogen-bond donors (Lipinski definition) is 8. The Labute approximate surface area is 309 Å². The summed E-state index contributed by atoms with van der Waals surface area (Å²) in [6.45, 7) is 4.43. The fourth-order valence-corrected chi connectivity index (χ4v) is 7.42. The average molecular weight is 749 g/mol. The first-order valence-corrected chi connectivity index (χ1v) is 18.6. The minimum Gasteiger partial charge on any atom is -0.508 e. The van der Waals surface area contributed by atoms with Gasteiger partial charge in [-0.1, -0.05) is 31.2 Å². The highest BCUT2D eigenvalue weighted by atomic mass is 32.1. The number of ketones is 1. The van der Waals surface area contributed by atoms with Crippen molar-refractivity contribution in [2.45, 2.75) is 70.5 Å². The lowest BCUT2D eigenvalue weighted by molar-refractivity contribution is -0.133. The number of anilines is 2. The smallest absolute Gasteiger partial charge is 0.240 e. The van der Waals surface area contributed by atoms with Crippen LogP contribution in [0.5, 0.6) is 11.5 Å². The first kappa shape index (κ1) is 38.2. The quantitative estimate of drug-likeness (QED) is 0.141. The van der Waals surface area contributed by atoms with Gasteiger partial charge in [-0.15, -0.1) is 22.7 Å². The number of amides is 3. The second-order valence-corrected chi connectivity index (χ2v) is 15.3. The molecule has 1 aliphatic heterocycles. The van der Waals surface area contributed by atoms with Gasteiger partial charge in [0.15, 0.2) is 16.0 Å². The average Bonchev–Trinajstić information content (AvgIpc) is 3.75. The molecule has 0 saturated heterocycles. The standard InChI is InChI=1S/C36H44N8O6S2/c1-19-10-31(47)20(2)43-34(50)27(37)13-21-4-6-29(45)23(11-21)15-25-17-41-35(51-25)39-8-3-9-40-36-42-18-26(52-36)16-24-12-22(5-7-30(24)46)14-28(32(38)48)44-33(19)49/h4-7,11-12,17-20,27-28,45-46H,3,8-10,13-16,37H2,1-2H3,(H2,38,48)(H,39,41)(H,40,42)(H,43,50)(H,44,49)/t19-,20+,27+,28+/m1/s1. The maximum absolute atomic E-state index is 13.1. The Morgan fingerprint density at radius 3 is 1.87 bits per heavy atom. The van der Waals surface area contributed by atoms with Crippen molar-refractivity contribution in [2.24, 2.45) is 17.4 Å². The third-order valence-corrected chi connectivity index (χ3v) is 10.6. The lowest BCUT2D eigenvalue weighted by Gasteiger charge is -2.21. The van der Waals surface area contributed by atoms with Crippen LogP contribution in [0.15, 0.2) is 48.8 Å². The van der Waals surface area contributed by atoms with Crippen molar-refractivity contribution in [1.29, 1.82) is 0 Å². The number of nitrogens with zero attached hydrogens (tertiary/aromatic N) is 2. The summed E-state index contributed by atoms with van der Waals surface area (Å²) < 4.78 is 0. The highest BCUT2D eigenvalue weighted by Crippen LogP contribution is 2.28. The van der Waals surface area contributed by atoms with Gasteiger partial charge in [-0.2, -0.15) is 0 Å². The topological polar surface area (TPSA) is 235 Å². The Morgan fingerprint density at radius 1 is 0.788 bits per heavy atom. The summed E-state index contributed by atoms with van der Waals surface area (Å²) >= 11 is 2.97. The molecule has 4 aromatic rings. The van der Waals surface area contributed by atoms with Crippen LogP contribution in [0.1, 0.15) is 58.7 Å². The molecule has 0 radical (unpaired) electrons. The van der Waals surface area contributed by atoms with Crippen LogP contribution in [-0.4, -0.2) is 74.9 Å². The number of nitrogens with two attached hydrogens (primary N) is 2. The van der Waals surface area contributed by atoms with Crippen LogP contribution in [0.2, 0.25) is 0 Å². The van der Waals surface area contributed by atoms with E-state index >= 15 is 0 Å². The molecule has 52 heavy (non-hydrogen) atoms. The van der Waals surface area contributed by atoms with Gasteiger partial charge in [0.05, 0.1) is 12.1 Å². The zero-order valence-corrected chi connectivity index (χ0v) is 30.6. The maximum Gasteiger partial charge on any atom is 0.240 e. The number of Topliss-reactive ketones (excluding diaryl/α,β-unsaturated/α-hetero) is 1. The molecule has 2 aromatic heterocycles. The van der Waals surface area contributed by atoms with Gasteiger partial charge in [0, 0.05) is 66.8 Å². The Bertz CT molecular complexity index is 1910. The molecule has 2 aromatic carbocycles. The summed E-state index contributed by atoms with van der Waals surface area (Å²) in [5, 5.41) is 34.6. The Kier molecular flexibility index (Phi) is 12.8. The number of fused-ring (bicyclic) bond motifs is 8. The van der Waals surface area contributed by atoms with Crippen molar-refractivity contribution < 1.29 is 29.4 Å². The molecule has 0 fully saturated rings. The van der Waals surface area contributed by atoms with Gasteiger partial charge >= 0.3 is 0 Å². The molecule has 4 atom stereocenters. The number of carbonyl (C=O) groups excluding carboxylic acids is 4. The number of rotatable bonds is 1. The van der Waals surface area contributed by atoms with Crippen LogP contribution < -0.4 is 32.7 Å². The zero-order valence-electron chi connectivity index (χ0n) is 29.0. The minimum atomic E-state index is -1.06. The number of hydrogen-bond acceptors (Lipinski definition) is 13. The predicted molar refractivity (Wildman–Crippen MR) is 201 cm³/mol. The van der Waals surface area contributed by atoms with E-state index in [-0.39, 0.29) is 36.5 Å². The van der Waals surface area contributed by atoms with E-state index in [1.165, 1.54) is 35.7 Å². The molecular formula is C36H44N8O6S2. The van der Waals surface area contributed by atoms with Crippen LogP contribution in [0, 0.1) is 5.92 Å². The van der Waals surface area contributed by atoms with Crippen LogP contribution in [-0.2, 0) is 44.9 Å². The summed E-state index contributed by atoms with van der Waals surface area (Å²) in [7, 11) is 0. The van der Waals surface area contributed by atoms with Crippen LogP contribution in [0.25, 0.3) is 0 Å². The van der Waals surface area contributed by atoms with Crippen molar-refractivity contribution in [3.63, 3.8) is 0 Å². The number of nitrogens with one attached hydrogen (secondary N) is 4. The second kappa shape index (κ2) is 17.4. The van der Waals surface area contributed by atoms with Gasteiger partial charge in [-0.3, -0.25) is 19.2 Å². The van der Waals surface area contributed by atoms with Crippen molar-refractivity contribution >= 4 is 56.4 Å². The number of thiazole rings is 2. The summed E-state index contributed by atoms with van der Waals surface area (Å²) in [6.07, 6.45) is 5.21. The molecule has 276 valence electrons. The van der Waals surface area contributed by atoms with E-state index in [0.29, 0.717) is 42.6 Å². The van der Waals surface area contributed by atoms with E-state index in [0.717, 1.165) is 32.0 Å². The van der Waals surface area contributed by atoms with Crippen molar-refractivity contribution in [3.8, 4) is 11.5 Å². The molecule has 16 heteroatoms. The van der Waals surface area contributed by atoms with E-state index in [1.807, 2.05) is 0 Å². The van der Waals surface area contributed by atoms with Crippen LogP contribution in [0.4, 0.5) is 10.3 Å². The minimum absolute atomic E-state index is 0.0771. The lowest BCUT2D eigenvalue weighted by atomic mass is 9.97. The number of aromatic nitrogens is 2. The molecular weight excluding hydrogens is 705 g/mol. The number of phenolic OH excluding ortho intramolecular Hbond substituents is 2. The monoisotopic (exact) mass is 748 g/mol. The van der Waals surface area contributed by atoms with E-state index in [4.69, 9.17) is 11.5 Å². The van der Waals surface area contributed by atoms with E-state index < -0.39 is 41.8 Å². The molecule has 1 aliphatic rings. The molecule has 0 aliphatic carbocycles. The SMILES string of the molecule is C[C@@H]1CC(=O)[C@H](C)NC(=O)[C@@H](N)Cc2ccc(O)c(c2)Cc2cnc(s2)NCCCNc2ncc(s2)Cc2cc(ccc2O)C[C@@H](C(N)=O)NC1=O. The number of benzene rings is 2. The third kappa shape index (κ3) is 10.5. The molecule has 0 unspecified atom stereocenters. The molecule has 0 spiro atoms. The zero-order chi connectivity index (χ0) is 37.4. The highest BCUT2D eigenvalue weighted by molar-refractivity contribution is 7.15. The Balaban J connectivity index is 1.32. The van der Waals surface area contributed by atoms with E-state index in [2.05, 4.69) is 31.2 Å². The summed E-state index contributed by atoms with van der Waals surface area (Å²) in [5.74, 6) is -2.82. The van der Waals surface area contributed by atoms with Gasteiger partial charge in [-0.05, 0) is 54.2 Å².